The van der Waals surface area contributed by atoms with Crippen molar-refractivity contribution < 1.29 is 48.3 Å². The molecule has 55 heavy (non-hydrogen) atoms. The van der Waals surface area contributed by atoms with Crippen molar-refractivity contribution >= 4 is 36.0 Å². The smallest absolute Gasteiger partial charge is 0.338 e. The van der Waals surface area contributed by atoms with Gasteiger partial charge in [-0.1, -0.05) is 42.8 Å². The molecule has 0 atom stereocenters. The van der Waals surface area contributed by atoms with Crippen LogP contribution in [0, 0.1) is 0 Å². The molecule has 0 bridgehead atoms. The molecule has 0 unspecified atom stereocenters. The van der Waals surface area contributed by atoms with E-state index in [1.807, 2.05) is 12.2 Å². The zero-order valence-electron chi connectivity index (χ0n) is 32.0. The number of carbonyl (C=O) groups is 4. The Kier molecular flexibility index (Phi) is 21.1. The molecule has 298 valence electrons. The largest absolute Gasteiger partial charge is 0.478 e. The first-order chi connectivity index (χ1) is 26.7. The maximum atomic E-state index is 12.3. The van der Waals surface area contributed by atoms with Gasteiger partial charge in [0.2, 0.25) is 0 Å². The van der Waals surface area contributed by atoms with Gasteiger partial charge in [-0.2, -0.15) is 0 Å². The lowest BCUT2D eigenvalue weighted by Crippen LogP contribution is -2.28. The van der Waals surface area contributed by atoms with Gasteiger partial charge in [0.15, 0.2) is 0 Å². The number of hydrogen-bond donors (Lipinski definition) is 2. The van der Waals surface area contributed by atoms with Gasteiger partial charge in [-0.25, -0.2) is 19.2 Å². The molecule has 4 rings (SSSR count). The fourth-order valence-corrected chi connectivity index (χ4v) is 6.33. The van der Waals surface area contributed by atoms with Crippen molar-refractivity contribution in [2.45, 2.75) is 121 Å². The van der Waals surface area contributed by atoms with E-state index in [9.17, 15) is 19.2 Å². The number of aliphatic carboxylic acids is 2. The van der Waals surface area contributed by atoms with Gasteiger partial charge in [0.25, 0.3) is 0 Å². The van der Waals surface area contributed by atoms with Crippen LogP contribution in [0.3, 0.4) is 0 Å². The molecule has 2 fully saturated rings. The highest BCUT2D eigenvalue weighted by Gasteiger charge is 2.26. The Morgan fingerprint density at radius 3 is 1.24 bits per heavy atom. The highest BCUT2D eigenvalue weighted by atomic mass is 16.5. The van der Waals surface area contributed by atoms with E-state index < -0.39 is 11.9 Å². The lowest BCUT2D eigenvalue weighted by molar-refractivity contribution is -0.132. The molecule has 2 aromatic carbocycles. The van der Waals surface area contributed by atoms with Crippen LogP contribution < -0.4 is 0 Å². The average molecular weight is 759 g/mol. The average Bonchev–Trinajstić information content (AvgIpc) is 3.19. The summed E-state index contributed by atoms with van der Waals surface area (Å²) < 4.78 is 23.1. The molecular weight excluding hydrogens is 700 g/mol. The molecule has 0 radical (unpaired) electrons. The molecule has 0 amide bonds. The van der Waals surface area contributed by atoms with Crippen LogP contribution in [0.15, 0.2) is 86.0 Å². The number of benzene rings is 2. The van der Waals surface area contributed by atoms with Gasteiger partial charge in [0, 0.05) is 25.4 Å². The SMILES string of the molecule is C=CCCCCCOC1CCC(OC(=O)c2ccc(/C=C/C(=O)O)cc2)CC1.C=CCCCCOC1CCC(OC(=O)c2ccc(/C=C/C(=O)O)cc2)CC1. The minimum Gasteiger partial charge on any atom is -0.478 e. The van der Waals surface area contributed by atoms with E-state index in [0.717, 1.165) is 120 Å². The van der Waals surface area contributed by atoms with E-state index in [-0.39, 0.29) is 36.4 Å². The molecular formula is C45H58O10. The van der Waals surface area contributed by atoms with Gasteiger partial charge >= 0.3 is 23.9 Å². The zero-order chi connectivity index (χ0) is 39.7. The summed E-state index contributed by atoms with van der Waals surface area (Å²) in [7, 11) is 0. The highest BCUT2D eigenvalue weighted by Crippen LogP contribution is 2.26. The molecule has 0 saturated heterocycles. The molecule has 0 heterocycles. The molecule has 0 aromatic heterocycles. The molecule has 0 aliphatic heterocycles. The van der Waals surface area contributed by atoms with Crippen LogP contribution in [0.5, 0.6) is 0 Å². The minimum absolute atomic E-state index is 0.0634. The van der Waals surface area contributed by atoms with Gasteiger partial charge in [-0.05, 0) is 137 Å². The van der Waals surface area contributed by atoms with Gasteiger partial charge in [-0.15, -0.1) is 13.2 Å². The maximum absolute atomic E-state index is 12.3. The Morgan fingerprint density at radius 1 is 0.527 bits per heavy atom. The third-order valence-electron chi connectivity index (χ3n) is 9.48. The minimum atomic E-state index is -1.00. The lowest BCUT2D eigenvalue weighted by atomic mass is 9.95. The van der Waals surface area contributed by atoms with Crippen LogP contribution in [0.2, 0.25) is 0 Å². The van der Waals surface area contributed by atoms with Crippen LogP contribution in [0.4, 0.5) is 0 Å². The Bertz CT molecular complexity index is 1530. The van der Waals surface area contributed by atoms with E-state index in [0.29, 0.717) is 11.1 Å². The van der Waals surface area contributed by atoms with Crippen molar-refractivity contribution in [3.05, 3.63) is 108 Å². The van der Waals surface area contributed by atoms with Crippen molar-refractivity contribution in [3.63, 3.8) is 0 Å². The number of ether oxygens (including phenoxy) is 4. The Hall–Kier alpha value is -4.80. The number of carboxylic acids is 2. The number of carboxylic acid groups (broad SMARTS) is 2. The van der Waals surface area contributed by atoms with E-state index >= 15 is 0 Å². The second kappa shape index (κ2) is 26.1. The first-order valence-electron chi connectivity index (χ1n) is 19.6. The number of carbonyl (C=O) groups excluding carboxylic acids is 2. The standard InChI is InChI=1S/C23H30O5.C22H28O5/c1-2-3-4-5-6-17-27-20-12-14-21(15-13-20)28-23(26)19-10-7-18(8-11-19)9-16-22(24)25;1-2-3-4-5-16-26-19-11-13-20(14-12-19)27-22(25)18-9-6-17(7-10-18)8-15-21(23)24/h2,7-11,16,20-21H,1,3-6,12-15,17H2,(H,24,25);2,6-10,15,19-20H,1,3-5,11-14,16H2,(H,23,24)/b16-9+;15-8+. The summed E-state index contributed by atoms with van der Waals surface area (Å²) in [6, 6.07) is 13.4. The summed E-state index contributed by atoms with van der Waals surface area (Å²) >= 11 is 0. The summed E-state index contributed by atoms with van der Waals surface area (Å²) in [6.45, 7) is 9.02. The third-order valence-corrected chi connectivity index (χ3v) is 9.48. The van der Waals surface area contributed by atoms with Gasteiger partial charge in [-0.3, -0.25) is 0 Å². The number of rotatable bonds is 21. The van der Waals surface area contributed by atoms with Gasteiger partial charge in [0.1, 0.15) is 12.2 Å². The highest BCUT2D eigenvalue weighted by molar-refractivity contribution is 5.91. The molecule has 10 heteroatoms. The summed E-state index contributed by atoms with van der Waals surface area (Å²) in [4.78, 5) is 45.6. The number of allylic oxidation sites excluding steroid dienone is 2. The van der Waals surface area contributed by atoms with Crippen LogP contribution >= 0.6 is 0 Å². The zero-order valence-corrected chi connectivity index (χ0v) is 32.0. The molecule has 2 saturated carbocycles. The van der Waals surface area contributed by atoms with Crippen molar-refractivity contribution in [1.29, 1.82) is 0 Å². The first kappa shape index (κ1) is 44.6. The maximum Gasteiger partial charge on any atom is 0.338 e. The van der Waals surface area contributed by atoms with Crippen molar-refractivity contribution in [3.8, 4) is 0 Å². The Balaban J connectivity index is 0.000000296. The summed E-state index contributed by atoms with van der Waals surface area (Å²) in [6.07, 6.45) is 24.0. The third kappa shape index (κ3) is 18.9. The molecule has 10 nitrogen and oxygen atoms in total. The van der Waals surface area contributed by atoms with E-state index in [4.69, 9.17) is 29.2 Å². The fourth-order valence-electron chi connectivity index (χ4n) is 6.33. The molecule has 2 aliphatic carbocycles. The van der Waals surface area contributed by atoms with Crippen molar-refractivity contribution in [1.82, 2.24) is 0 Å². The number of esters is 2. The van der Waals surface area contributed by atoms with E-state index in [2.05, 4.69) is 13.2 Å². The number of unbranched alkanes of at least 4 members (excludes halogenated alkanes) is 5. The summed E-state index contributed by atoms with van der Waals surface area (Å²) in [5.41, 5.74) is 2.40. The first-order valence-corrected chi connectivity index (χ1v) is 19.6. The second-order valence-corrected chi connectivity index (χ2v) is 13.9. The summed E-state index contributed by atoms with van der Waals surface area (Å²) in [5, 5.41) is 17.3. The van der Waals surface area contributed by atoms with Crippen molar-refractivity contribution in [2.24, 2.45) is 0 Å². The quantitative estimate of drug-likeness (QED) is 0.0546. The van der Waals surface area contributed by atoms with Crippen LogP contribution in [-0.2, 0) is 28.5 Å². The molecule has 2 aliphatic rings. The van der Waals surface area contributed by atoms with Crippen LogP contribution in [-0.4, -0.2) is 71.7 Å². The Labute approximate surface area is 325 Å². The van der Waals surface area contributed by atoms with Gasteiger partial charge in [0.05, 0.1) is 23.3 Å². The van der Waals surface area contributed by atoms with E-state index in [1.165, 1.54) is 25.0 Å². The molecule has 2 aromatic rings. The monoisotopic (exact) mass is 758 g/mol. The molecule has 2 N–H and O–H groups in total. The van der Waals surface area contributed by atoms with Gasteiger partial charge < -0.3 is 29.2 Å². The van der Waals surface area contributed by atoms with E-state index in [1.54, 1.807) is 48.5 Å². The lowest BCUT2D eigenvalue weighted by Gasteiger charge is -2.28. The Morgan fingerprint density at radius 2 is 0.873 bits per heavy atom. The predicted molar refractivity (Wildman–Crippen MR) is 214 cm³/mol. The topological polar surface area (TPSA) is 146 Å². The second-order valence-electron chi connectivity index (χ2n) is 13.9. The van der Waals surface area contributed by atoms with Crippen molar-refractivity contribution in [2.75, 3.05) is 13.2 Å². The normalized spacial score (nSPS) is 19.6. The van der Waals surface area contributed by atoms with Crippen LogP contribution in [0.25, 0.3) is 12.2 Å². The number of hydrogen-bond acceptors (Lipinski definition) is 8. The van der Waals surface area contributed by atoms with Crippen LogP contribution in [0.1, 0.15) is 128 Å². The predicted octanol–water partition coefficient (Wildman–Crippen LogP) is 9.64. The fraction of sp³-hybridized carbons (Fsp3) is 0.467. The summed E-state index contributed by atoms with van der Waals surface area (Å²) in [5.74, 6) is -2.68. The molecule has 0 spiro atoms.